The van der Waals surface area contributed by atoms with Crippen LogP contribution in [0, 0.1) is 0 Å². The highest BCUT2D eigenvalue weighted by atomic mass is 35.5. The number of anilines is 1. The first-order chi connectivity index (χ1) is 18.1. The molecule has 7 heteroatoms. The quantitative estimate of drug-likeness (QED) is 0.225. The zero-order chi connectivity index (χ0) is 28.1. The predicted octanol–water partition coefficient (Wildman–Crippen LogP) is 7.46. The van der Waals surface area contributed by atoms with Crippen LogP contribution in [0.15, 0.2) is 77.5 Å². The second kappa shape index (κ2) is 16.2. The highest BCUT2D eigenvalue weighted by Crippen LogP contribution is 2.30. The molecular weight excluding hydrogens is 534 g/mol. The van der Waals surface area contributed by atoms with Crippen molar-refractivity contribution >= 4 is 43.4 Å². The Morgan fingerprint density at radius 2 is 1.74 bits per heavy atom. The molecule has 0 amide bonds. The molecule has 0 bridgehead atoms. The first kappa shape index (κ1) is 32.2. The third-order valence-corrected chi connectivity index (χ3v) is 7.24. The van der Waals surface area contributed by atoms with Gasteiger partial charge in [-0.15, -0.1) is 15.8 Å². The van der Waals surface area contributed by atoms with Crippen LogP contribution in [0.5, 0.6) is 5.75 Å². The molecule has 38 heavy (non-hydrogen) atoms. The lowest BCUT2D eigenvalue weighted by atomic mass is 9.96. The number of rotatable bonds is 8. The Kier molecular flexibility index (Phi) is 13.8. The van der Waals surface area contributed by atoms with Crippen LogP contribution in [-0.4, -0.2) is 29.9 Å². The molecule has 3 atom stereocenters. The second-order valence-electron chi connectivity index (χ2n) is 10.1. The van der Waals surface area contributed by atoms with Crippen molar-refractivity contribution in [2.75, 3.05) is 12.4 Å². The lowest BCUT2D eigenvalue weighted by Gasteiger charge is -2.36. The lowest BCUT2D eigenvalue weighted by molar-refractivity contribution is 0.0859. The zero-order valence-corrected chi connectivity index (χ0v) is 25.7. The van der Waals surface area contributed by atoms with Crippen molar-refractivity contribution in [3.63, 3.8) is 0 Å². The molecule has 208 valence electrons. The standard InChI is InChI=1S/C15H19Cl2N2OP.C12H16O.C4H8/c1-15(2,14-11(17)6-9(16)8-19-14)20-12-5-4-10(18-3)7-13(12)21;1-3-4-11-5-7-12(8-6-11)9-10(2)13;1-2-4-3-1/h4-8,14,18-19H,21H2,1-3H3;3,5-8,10,13H,1,4,9H2,2H3;1-4H2. The van der Waals surface area contributed by atoms with Crippen molar-refractivity contribution in [1.29, 1.82) is 0 Å². The minimum atomic E-state index is -0.534. The van der Waals surface area contributed by atoms with Crippen LogP contribution in [0.3, 0.4) is 0 Å². The van der Waals surface area contributed by atoms with Crippen molar-refractivity contribution < 1.29 is 9.84 Å². The molecule has 4 nitrogen and oxygen atoms in total. The Bertz CT molecular complexity index is 1070. The van der Waals surface area contributed by atoms with Gasteiger partial charge in [0.2, 0.25) is 0 Å². The third kappa shape index (κ3) is 11.0. The topological polar surface area (TPSA) is 53.5 Å². The highest BCUT2D eigenvalue weighted by molar-refractivity contribution is 7.27. The van der Waals surface area contributed by atoms with Gasteiger partial charge in [-0.05, 0) is 69.0 Å². The van der Waals surface area contributed by atoms with Crippen molar-refractivity contribution in [2.45, 2.75) is 77.0 Å². The first-order valence-electron chi connectivity index (χ1n) is 13.2. The predicted molar refractivity (Wildman–Crippen MR) is 169 cm³/mol. The molecular formula is C31H43Cl2N2O2P. The third-order valence-electron chi connectivity index (χ3n) is 6.24. The van der Waals surface area contributed by atoms with E-state index in [9.17, 15) is 0 Å². The van der Waals surface area contributed by atoms with Crippen molar-refractivity contribution in [3.8, 4) is 5.75 Å². The van der Waals surface area contributed by atoms with E-state index in [0.29, 0.717) is 10.1 Å². The van der Waals surface area contributed by atoms with Crippen LogP contribution >= 0.6 is 32.4 Å². The van der Waals surface area contributed by atoms with Crippen LogP contribution in [0.4, 0.5) is 5.69 Å². The summed E-state index contributed by atoms with van der Waals surface area (Å²) in [6.07, 6.45) is 12.7. The molecule has 1 aliphatic carbocycles. The van der Waals surface area contributed by atoms with E-state index in [0.717, 1.165) is 29.6 Å². The van der Waals surface area contributed by atoms with Crippen molar-refractivity contribution in [2.24, 2.45) is 0 Å². The van der Waals surface area contributed by atoms with E-state index in [1.54, 1.807) is 19.2 Å². The Hall–Kier alpha value is -1.97. The van der Waals surface area contributed by atoms with Crippen molar-refractivity contribution in [3.05, 3.63) is 88.6 Å². The molecule has 1 aliphatic heterocycles. The van der Waals surface area contributed by atoms with Gasteiger partial charge in [0.1, 0.15) is 17.4 Å². The van der Waals surface area contributed by atoms with Gasteiger partial charge in [-0.1, -0.05) is 79.2 Å². The van der Waals surface area contributed by atoms with Gasteiger partial charge in [-0.2, -0.15) is 0 Å². The number of benzene rings is 2. The summed E-state index contributed by atoms with van der Waals surface area (Å²) in [5.74, 6) is 0.802. The fraction of sp³-hybridized carbons (Fsp3) is 0.419. The van der Waals surface area contributed by atoms with Crippen LogP contribution in [-0.2, 0) is 12.8 Å². The van der Waals surface area contributed by atoms with E-state index in [2.05, 4.69) is 50.7 Å². The summed E-state index contributed by atoms with van der Waals surface area (Å²) in [6.45, 7) is 9.47. The summed E-state index contributed by atoms with van der Waals surface area (Å²) in [5.41, 5.74) is 2.95. The minimum Gasteiger partial charge on any atom is -0.485 e. The number of halogens is 2. The molecule has 2 aromatic carbocycles. The van der Waals surface area contributed by atoms with Gasteiger partial charge >= 0.3 is 0 Å². The SMILES string of the molecule is C1CCC1.C=CCc1ccc(CC(C)O)cc1.CNc1ccc(OC(C)(C)C2NC=C(Cl)C=C2Cl)c(P)c1. The summed E-state index contributed by atoms with van der Waals surface area (Å²) in [7, 11) is 4.57. The largest absolute Gasteiger partial charge is 0.485 e. The molecule has 2 aromatic rings. The maximum atomic E-state index is 9.16. The van der Waals surface area contributed by atoms with Gasteiger partial charge in [0.15, 0.2) is 0 Å². The fourth-order valence-corrected chi connectivity index (χ4v) is 4.75. The maximum Gasteiger partial charge on any atom is 0.128 e. The molecule has 2 aliphatic rings. The van der Waals surface area contributed by atoms with Crippen molar-refractivity contribution in [1.82, 2.24) is 5.32 Å². The number of hydrogen-bond donors (Lipinski definition) is 3. The molecule has 0 aromatic heterocycles. The van der Waals surface area contributed by atoms with E-state index in [1.165, 1.54) is 36.8 Å². The number of hydrogen-bond acceptors (Lipinski definition) is 4. The summed E-state index contributed by atoms with van der Waals surface area (Å²) in [4.78, 5) is 0. The average Bonchev–Trinajstić information content (AvgIpc) is 2.80. The van der Waals surface area contributed by atoms with Crippen LogP contribution in [0.25, 0.3) is 0 Å². The summed E-state index contributed by atoms with van der Waals surface area (Å²) >= 11 is 12.2. The van der Waals surface area contributed by atoms with E-state index in [1.807, 2.05) is 45.2 Å². The number of dihydropyridines is 1. The summed E-state index contributed by atoms with van der Waals surface area (Å²) < 4.78 is 6.17. The molecule has 4 rings (SSSR count). The summed E-state index contributed by atoms with van der Waals surface area (Å²) in [5, 5.41) is 17.6. The minimum absolute atomic E-state index is 0.157. The van der Waals surface area contributed by atoms with Crippen LogP contribution in [0.2, 0.25) is 0 Å². The fourth-order valence-electron chi connectivity index (χ4n) is 3.74. The van der Waals surface area contributed by atoms with E-state index in [4.69, 9.17) is 33.0 Å². The molecule has 0 radical (unpaired) electrons. The number of nitrogens with one attached hydrogen (secondary N) is 2. The number of aliphatic hydroxyl groups is 1. The van der Waals surface area contributed by atoms with Gasteiger partial charge in [0.05, 0.1) is 11.1 Å². The Balaban J connectivity index is 0.000000251. The smallest absolute Gasteiger partial charge is 0.128 e. The zero-order valence-electron chi connectivity index (χ0n) is 23.1. The van der Waals surface area contributed by atoms with Gasteiger partial charge in [-0.25, -0.2) is 0 Å². The summed E-state index contributed by atoms with van der Waals surface area (Å²) in [6, 6.07) is 14.1. The Morgan fingerprint density at radius 1 is 1.13 bits per heavy atom. The molecule has 0 saturated heterocycles. The Morgan fingerprint density at radius 3 is 2.21 bits per heavy atom. The molecule has 3 unspecified atom stereocenters. The normalized spacial score (nSPS) is 17.0. The highest BCUT2D eigenvalue weighted by Gasteiger charge is 2.35. The second-order valence-corrected chi connectivity index (χ2v) is 11.6. The number of allylic oxidation sites excluding steroid dienone is 3. The van der Waals surface area contributed by atoms with E-state index >= 15 is 0 Å². The monoisotopic (exact) mass is 576 g/mol. The lowest BCUT2D eigenvalue weighted by Crippen LogP contribution is -2.50. The average molecular weight is 578 g/mol. The molecule has 1 heterocycles. The van der Waals surface area contributed by atoms with Crippen LogP contribution in [0.1, 0.15) is 57.6 Å². The molecule has 1 fully saturated rings. The van der Waals surface area contributed by atoms with E-state index < -0.39 is 5.60 Å². The van der Waals surface area contributed by atoms with Gasteiger partial charge in [0, 0.05) is 29.3 Å². The maximum absolute atomic E-state index is 9.16. The first-order valence-corrected chi connectivity index (χ1v) is 14.5. The van der Waals surface area contributed by atoms with Gasteiger partial charge < -0.3 is 20.5 Å². The molecule has 3 N–H and O–H groups in total. The molecule has 0 spiro atoms. The Labute approximate surface area is 241 Å². The number of ether oxygens (including phenoxy) is 1. The van der Waals surface area contributed by atoms with Gasteiger partial charge in [0.25, 0.3) is 0 Å². The van der Waals surface area contributed by atoms with Crippen LogP contribution < -0.4 is 20.7 Å². The van der Waals surface area contributed by atoms with Gasteiger partial charge in [-0.3, -0.25) is 0 Å². The van der Waals surface area contributed by atoms with E-state index in [-0.39, 0.29) is 12.1 Å². The number of aliphatic hydroxyl groups excluding tert-OH is 1. The molecule has 1 saturated carbocycles.